The van der Waals surface area contributed by atoms with Gasteiger partial charge in [-0.25, -0.2) is 0 Å². The average Bonchev–Trinajstić information content (AvgIpc) is 2.86. The van der Waals surface area contributed by atoms with Gasteiger partial charge in [-0.05, 0) is 43.7 Å². The monoisotopic (exact) mass is 210 g/mol. The van der Waals surface area contributed by atoms with Crippen molar-refractivity contribution in [1.29, 1.82) is 0 Å². The molecule has 2 aliphatic rings. The van der Waals surface area contributed by atoms with E-state index in [-0.39, 0.29) is 17.2 Å². The van der Waals surface area contributed by atoms with Crippen LogP contribution in [-0.4, -0.2) is 25.5 Å². The normalized spacial score (nSPS) is 33.5. The van der Waals surface area contributed by atoms with E-state index in [9.17, 15) is 4.79 Å². The van der Waals surface area contributed by atoms with Crippen molar-refractivity contribution in [2.24, 2.45) is 17.3 Å². The summed E-state index contributed by atoms with van der Waals surface area (Å²) in [4.78, 5) is 11.7. The highest BCUT2D eigenvalue weighted by Crippen LogP contribution is 2.51. The maximum atomic E-state index is 11.7. The van der Waals surface area contributed by atoms with Crippen LogP contribution in [0.2, 0.25) is 0 Å². The standard InChI is InChI=1S/C12H22N2O/c1-12(2)6-10(12)11(15)14-8-9-4-3-5-13-7-9/h9-10,13H,3-8H2,1-2H3,(H,14,15). The molecule has 3 nitrogen and oxygen atoms in total. The molecule has 1 heterocycles. The minimum Gasteiger partial charge on any atom is -0.356 e. The summed E-state index contributed by atoms with van der Waals surface area (Å²) in [6, 6.07) is 0. The lowest BCUT2D eigenvalue weighted by Crippen LogP contribution is -2.38. The zero-order valence-electron chi connectivity index (χ0n) is 9.81. The zero-order valence-corrected chi connectivity index (χ0v) is 9.81. The van der Waals surface area contributed by atoms with Gasteiger partial charge in [0.15, 0.2) is 0 Å². The van der Waals surface area contributed by atoms with Crippen molar-refractivity contribution in [2.45, 2.75) is 33.1 Å². The van der Waals surface area contributed by atoms with Crippen molar-refractivity contribution in [3.05, 3.63) is 0 Å². The van der Waals surface area contributed by atoms with Crippen LogP contribution in [-0.2, 0) is 4.79 Å². The Kier molecular flexibility index (Phi) is 3.01. The number of amides is 1. The van der Waals surface area contributed by atoms with E-state index < -0.39 is 0 Å². The topological polar surface area (TPSA) is 41.1 Å². The second-order valence-electron chi connectivity index (χ2n) is 5.70. The van der Waals surface area contributed by atoms with E-state index in [0.717, 1.165) is 26.1 Å². The predicted octanol–water partition coefficient (Wildman–Crippen LogP) is 1.15. The largest absolute Gasteiger partial charge is 0.356 e. The molecule has 2 fully saturated rings. The third kappa shape index (κ3) is 2.71. The summed E-state index contributed by atoms with van der Waals surface area (Å²) in [7, 11) is 0. The van der Waals surface area contributed by atoms with Gasteiger partial charge in [0.05, 0.1) is 0 Å². The van der Waals surface area contributed by atoms with Gasteiger partial charge in [-0.1, -0.05) is 13.8 Å². The lowest BCUT2D eigenvalue weighted by molar-refractivity contribution is -0.123. The average molecular weight is 210 g/mol. The SMILES string of the molecule is CC1(C)CC1C(=O)NCC1CCCNC1. The minimum absolute atomic E-state index is 0.259. The molecule has 0 aromatic rings. The van der Waals surface area contributed by atoms with E-state index in [2.05, 4.69) is 24.5 Å². The highest BCUT2D eigenvalue weighted by atomic mass is 16.2. The van der Waals surface area contributed by atoms with Crippen molar-refractivity contribution in [3.8, 4) is 0 Å². The quantitative estimate of drug-likeness (QED) is 0.733. The van der Waals surface area contributed by atoms with E-state index in [1.165, 1.54) is 12.8 Å². The summed E-state index contributed by atoms with van der Waals surface area (Å²) >= 11 is 0. The Balaban J connectivity index is 1.67. The molecule has 0 spiro atoms. The molecule has 0 aromatic heterocycles. The third-order valence-electron chi connectivity index (χ3n) is 3.79. The van der Waals surface area contributed by atoms with Crippen LogP contribution in [0.15, 0.2) is 0 Å². The fourth-order valence-corrected chi connectivity index (χ4v) is 2.38. The number of hydrogen-bond acceptors (Lipinski definition) is 2. The Morgan fingerprint density at radius 1 is 1.53 bits per heavy atom. The first-order chi connectivity index (χ1) is 7.09. The molecular weight excluding hydrogens is 188 g/mol. The highest BCUT2D eigenvalue weighted by molar-refractivity contribution is 5.82. The molecule has 15 heavy (non-hydrogen) atoms. The summed E-state index contributed by atoms with van der Waals surface area (Å²) < 4.78 is 0. The van der Waals surface area contributed by atoms with Gasteiger partial charge < -0.3 is 10.6 Å². The lowest BCUT2D eigenvalue weighted by atomic mass is 9.99. The number of hydrogen-bond donors (Lipinski definition) is 2. The van der Waals surface area contributed by atoms with Gasteiger partial charge in [0.2, 0.25) is 5.91 Å². The van der Waals surface area contributed by atoms with Gasteiger partial charge in [0.25, 0.3) is 0 Å². The van der Waals surface area contributed by atoms with Crippen molar-refractivity contribution in [2.75, 3.05) is 19.6 Å². The number of nitrogens with one attached hydrogen (secondary N) is 2. The summed E-state index contributed by atoms with van der Waals surface area (Å²) in [5.41, 5.74) is 0.259. The summed E-state index contributed by atoms with van der Waals surface area (Å²) in [6.07, 6.45) is 3.55. The molecule has 1 amide bonds. The van der Waals surface area contributed by atoms with E-state index in [1.807, 2.05) is 0 Å². The van der Waals surface area contributed by atoms with E-state index >= 15 is 0 Å². The van der Waals surface area contributed by atoms with Gasteiger partial charge in [0, 0.05) is 12.5 Å². The molecule has 1 saturated carbocycles. The van der Waals surface area contributed by atoms with Gasteiger partial charge in [-0.15, -0.1) is 0 Å². The number of piperidine rings is 1. The van der Waals surface area contributed by atoms with Gasteiger partial charge in [-0.3, -0.25) is 4.79 Å². The molecular formula is C12H22N2O. The molecule has 86 valence electrons. The predicted molar refractivity (Wildman–Crippen MR) is 60.5 cm³/mol. The van der Waals surface area contributed by atoms with Gasteiger partial charge in [0.1, 0.15) is 0 Å². The van der Waals surface area contributed by atoms with Crippen molar-refractivity contribution < 1.29 is 4.79 Å². The van der Waals surface area contributed by atoms with E-state index in [4.69, 9.17) is 0 Å². The van der Waals surface area contributed by atoms with Crippen LogP contribution in [0.1, 0.15) is 33.1 Å². The molecule has 3 heteroatoms. The maximum Gasteiger partial charge on any atom is 0.223 e. The van der Waals surface area contributed by atoms with Crippen LogP contribution in [0.5, 0.6) is 0 Å². The molecule has 0 aromatic carbocycles. The molecule has 1 aliphatic heterocycles. The molecule has 1 aliphatic carbocycles. The van der Waals surface area contributed by atoms with Gasteiger partial charge in [-0.2, -0.15) is 0 Å². The molecule has 2 rings (SSSR count). The third-order valence-corrected chi connectivity index (χ3v) is 3.79. The lowest BCUT2D eigenvalue weighted by Gasteiger charge is -2.23. The fourth-order valence-electron chi connectivity index (χ4n) is 2.38. The van der Waals surface area contributed by atoms with Crippen molar-refractivity contribution in [3.63, 3.8) is 0 Å². The number of rotatable bonds is 3. The summed E-state index contributed by atoms with van der Waals surface area (Å²) in [5.74, 6) is 1.18. The van der Waals surface area contributed by atoms with Crippen LogP contribution in [0, 0.1) is 17.3 Å². The number of carbonyl (C=O) groups excluding carboxylic acids is 1. The first-order valence-corrected chi connectivity index (χ1v) is 6.08. The Morgan fingerprint density at radius 2 is 2.27 bits per heavy atom. The molecule has 2 N–H and O–H groups in total. The second kappa shape index (κ2) is 4.12. The van der Waals surface area contributed by atoms with Crippen LogP contribution < -0.4 is 10.6 Å². The first-order valence-electron chi connectivity index (χ1n) is 6.08. The molecule has 2 atom stereocenters. The van der Waals surface area contributed by atoms with Crippen LogP contribution >= 0.6 is 0 Å². The molecule has 0 bridgehead atoms. The smallest absolute Gasteiger partial charge is 0.223 e. The Labute approximate surface area is 92.0 Å². The second-order valence-corrected chi connectivity index (χ2v) is 5.70. The zero-order chi connectivity index (χ0) is 10.9. The fraction of sp³-hybridized carbons (Fsp3) is 0.917. The van der Waals surface area contributed by atoms with Crippen LogP contribution in [0.4, 0.5) is 0 Å². The Bertz CT molecular complexity index is 244. The number of carbonyl (C=O) groups is 1. The van der Waals surface area contributed by atoms with Crippen LogP contribution in [0.3, 0.4) is 0 Å². The Hall–Kier alpha value is -0.570. The first kappa shape index (κ1) is 10.9. The minimum atomic E-state index is 0.259. The van der Waals surface area contributed by atoms with Crippen molar-refractivity contribution >= 4 is 5.91 Å². The van der Waals surface area contributed by atoms with Crippen LogP contribution in [0.25, 0.3) is 0 Å². The molecule has 2 unspecified atom stereocenters. The summed E-state index contributed by atoms with van der Waals surface area (Å²) in [6.45, 7) is 7.39. The molecule has 1 saturated heterocycles. The van der Waals surface area contributed by atoms with E-state index in [1.54, 1.807) is 0 Å². The van der Waals surface area contributed by atoms with E-state index in [0.29, 0.717) is 5.92 Å². The summed E-state index contributed by atoms with van der Waals surface area (Å²) in [5, 5.41) is 6.46. The van der Waals surface area contributed by atoms with Crippen molar-refractivity contribution in [1.82, 2.24) is 10.6 Å². The molecule has 0 radical (unpaired) electrons. The highest BCUT2D eigenvalue weighted by Gasteiger charge is 2.50. The Morgan fingerprint density at radius 3 is 2.80 bits per heavy atom. The maximum absolute atomic E-state index is 11.7. The van der Waals surface area contributed by atoms with Gasteiger partial charge >= 0.3 is 0 Å².